The summed E-state index contributed by atoms with van der Waals surface area (Å²) in [5, 5.41) is 3.08. The molecule has 0 bridgehead atoms. The summed E-state index contributed by atoms with van der Waals surface area (Å²) in [7, 11) is 0. The zero-order valence-corrected chi connectivity index (χ0v) is 12.6. The van der Waals surface area contributed by atoms with Gasteiger partial charge < -0.3 is 5.73 Å². The van der Waals surface area contributed by atoms with Crippen molar-refractivity contribution in [2.24, 2.45) is 5.73 Å². The molecule has 3 rings (SSSR count). The lowest BCUT2D eigenvalue weighted by atomic mass is 9.83. The fourth-order valence-corrected chi connectivity index (χ4v) is 3.87. The second-order valence-corrected chi connectivity index (χ2v) is 6.65. The number of rotatable bonds is 2. The van der Waals surface area contributed by atoms with Gasteiger partial charge in [0.2, 0.25) is 0 Å². The molecule has 1 aliphatic carbocycles. The number of hydrogen-bond acceptors (Lipinski definition) is 3. The molecule has 0 aliphatic heterocycles. The minimum atomic E-state index is -0.409. The summed E-state index contributed by atoms with van der Waals surface area (Å²) in [5.41, 5.74) is 7.85. The van der Waals surface area contributed by atoms with Gasteiger partial charge in [-0.1, -0.05) is 30.9 Å². The van der Waals surface area contributed by atoms with E-state index in [4.69, 9.17) is 17.3 Å². The molecule has 2 nitrogen and oxygen atoms in total. The summed E-state index contributed by atoms with van der Waals surface area (Å²) in [4.78, 5) is 4.66. The maximum absolute atomic E-state index is 13.2. The fraction of sp³-hybridized carbons (Fsp3) is 0.400. The highest BCUT2D eigenvalue weighted by Crippen LogP contribution is 2.38. The Bertz CT molecular complexity index is 620. The Morgan fingerprint density at radius 1 is 1.25 bits per heavy atom. The topological polar surface area (TPSA) is 38.9 Å². The van der Waals surface area contributed by atoms with Crippen LogP contribution in [0.4, 0.5) is 4.39 Å². The molecule has 1 aliphatic rings. The van der Waals surface area contributed by atoms with Gasteiger partial charge in [-0.2, -0.15) is 0 Å². The molecule has 1 aromatic carbocycles. The van der Waals surface area contributed by atoms with Gasteiger partial charge in [-0.3, -0.25) is 0 Å². The largest absolute Gasteiger partial charge is 0.319 e. The molecule has 0 unspecified atom stereocenters. The molecule has 1 heterocycles. The maximum atomic E-state index is 13.2. The minimum absolute atomic E-state index is 0.122. The van der Waals surface area contributed by atoms with Crippen molar-refractivity contribution in [3.8, 4) is 11.3 Å². The molecule has 20 heavy (non-hydrogen) atoms. The van der Waals surface area contributed by atoms with Crippen LogP contribution in [0.5, 0.6) is 0 Å². The van der Waals surface area contributed by atoms with Crippen molar-refractivity contribution >= 4 is 22.9 Å². The van der Waals surface area contributed by atoms with E-state index in [0.29, 0.717) is 0 Å². The van der Waals surface area contributed by atoms with Crippen LogP contribution in [-0.4, -0.2) is 4.98 Å². The molecule has 0 spiro atoms. The van der Waals surface area contributed by atoms with Crippen LogP contribution in [0.1, 0.15) is 37.1 Å². The summed E-state index contributed by atoms with van der Waals surface area (Å²) in [6, 6.07) is 4.68. The van der Waals surface area contributed by atoms with E-state index in [1.807, 2.05) is 5.38 Å². The lowest BCUT2D eigenvalue weighted by molar-refractivity contribution is 0.301. The number of halogens is 2. The third-order valence-electron chi connectivity index (χ3n) is 3.89. The molecule has 0 radical (unpaired) electrons. The van der Waals surface area contributed by atoms with E-state index < -0.39 is 5.82 Å². The van der Waals surface area contributed by atoms with E-state index in [2.05, 4.69) is 4.98 Å². The smallest absolute Gasteiger partial charge is 0.141 e. The Morgan fingerprint density at radius 3 is 2.70 bits per heavy atom. The van der Waals surface area contributed by atoms with Crippen molar-refractivity contribution in [3.63, 3.8) is 0 Å². The van der Waals surface area contributed by atoms with Crippen LogP contribution in [0.2, 0.25) is 5.02 Å². The standard InChI is InChI=1S/C15H16ClFN2S/c16-11-8-10(4-5-12(11)17)13-9-20-14(19-13)15(18)6-2-1-3-7-15/h4-5,8-9H,1-3,6-7,18H2. The monoisotopic (exact) mass is 310 g/mol. The number of nitrogens with zero attached hydrogens (tertiary/aromatic N) is 1. The molecule has 1 aromatic heterocycles. The number of nitrogens with two attached hydrogens (primary N) is 1. The number of thiazole rings is 1. The van der Waals surface area contributed by atoms with Crippen LogP contribution in [-0.2, 0) is 5.54 Å². The van der Waals surface area contributed by atoms with E-state index in [1.54, 1.807) is 23.5 Å². The number of aromatic nitrogens is 1. The van der Waals surface area contributed by atoms with Gasteiger partial charge in [-0.05, 0) is 31.0 Å². The molecular formula is C15H16ClFN2S. The second kappa shape index (κ2) is 5.43. The van der Waals surface area contributed by atoms with Gasteiger partial charge in [0.05, 0.1) is 16.3 Å². The Kier molecular flexibility index (Phi) is 3.80. The Hall–Kier alpha value is -0.970. The second-order valence-electron chi connectivity index (χ2n) is 5.38. The van der Waals surface area contributed by atoms with E-state index in [-0.39, 0.29) is 10.6 Å². The van der Waals surface area contributed by atoms with Crippen molar-refractivity contribution in [1.82, 2.24) is 4.98 Å². The van der Waals surface area contributed by atoms with E-state index in [0.717, 1.165) is 41.9 Å². The highest BCUT2D eigenvalue weighted by molar-refractivity contribution is 7.10. The van der Waals surface area contributed by atoms with Crippen molar-refractivity contribution in [2.45, 2.75) is 37.6 Å². The first-order valence-electron chi connectivity index (χ1n) is 6.79. The lowest BCUT2D eigenvalue weighted by Crippen LogP contribution is -2.38. The summed E-state index contributed by atoms with van der Waals surface area (Å²) in [5.74, 6) is -0.409. The van der Waals surface area contributed by atoms with Crippen LogP contribution >= 0.6 is 22.9 Å². The third-order valence-corrected chi connectivity index (χ3v) is 5.24. The average molecular weight is 311 g/mol. The molecule has 1 fully saturated rings. The van der Waals surface area contributed by atoms with Gasteiger partial charge in [0.1, 0.15) is 10.8 Å². The zero-order chi connectivity index (χ0) is 14.2. The predicted octanol–water partition coefficient (Wildman–Crippen LogP) is 4.72. The Labute approximate surface area is 126 Å². The first-order valence-corrected chi connectivity index (χ1v) is 8.05. The molecular weight excluding hydrogens is 295 g/mol. The SMILES string of the molecule is NC1(c2nc(-c3ccc(F)c(Cl)c3)cs2)CCCCC1. The van der Waals surface area contributed by atoms with E-state index in [1.165, 1.54) is 12.5 Å². The summed E-state index contributed by atoms with van der Waals surface area (Å²) < 4.78 is 13.2. The van der Waals surface area contributed by atoms with Crippen LogP contribution < -0.4 is 5.73 Å². The maximum Gasteiger partial charge on any atom is 0.141 e. The third kappa shape index (κ3) is 2.60. The van der Waals surface area contributed by atoms with Gasteiger partial charge in [0.15, 0.2) is 0 Å². The van der Waals surface area contributed by atoms with Gasteiger partial charge >= 0.3 is 0 Å². The number of benzene rings is 1. The van der Waals surface area contributed by atoms with Crippen molar-refractivity contribution in [2.75, 3.05) is 0 Å². The molecule has 2 N–H and O–H groups in total. The quantitative estimate of drug-likeness (QED) is 0.871. The van der Waals surface area contributed by atoms with Gasteiger partial charge in [0, 0.05) is 10.9 Å². The molecule has 0 amide bonds. The average Bonchev–Trinajstić information content (AvgIpc) is 2.93. The van der Waals surface area contributed by atoms with Crippen LogP contribution in [0, 0.1) is 5.82 Å². The molecule has 2 aromatic rings. The number of hydrogen-bond donors (Lipinski definition) is 1. The van der Waals surface area contributed by atoms with Gasteiger partial charge in [-0.25, -0.2) is 9.37 Å². The molecule has 0 saturated heterocycles. The normalized spacial score (nSPS) is 18.1. The van der Waals surface area contributed by atoms with E-state index >= 15 is 0 Å². The van der Waals surface area contributed by atoms with Crippen LogP contribution in [0.25, 0.3) is 11.3 Å². The minimum Gasteiger partial charge on any atom is -0.319 e. The van der Waals surface area contributed by atoms with Crippen molar-refractivity contribution < 1.29 is 4.39 Å². The summed E-state index contributed by atoms with van der Waals surface area (Å²) >= 11 is 7.41. The fourth-order valence-electron chi connectivity index (χ4n) is 2.69. The predicted molar refractivity (Wildman–Crippen MR) is 81.5 cm³/mol. The molecule has 106 valence electrons. The zero-order valence-electron chi connectivity index (χ0n) is 11.0. The van der Waals surface area contributed by atoms with Gasteiger partial charge in [0.25, 0.3) is 0 Å². The van der Waals surface area contributed by atoms with Crippen molar-refractivity contribution in [1.29, 1.82) is 0 Å². The van der Waals surface area contributed by atoms with E-state index in [9.17, 15) is 4.39 Å². The van der Waals surface area contributed by atoms with Crippen molar-refractivity contribution in [3.05, 3.63) is 39.4 Å². The highest BCUT2D eigenvalue weighted by atomic mass is 35.5. The molecule has 5 heteroatoms. The Morgan fingerprint density at radius 2 is 2.00 bits per heavy atom. The Balaban J connectivity index is 1.91. The van der Waals surface area contributed by atoms with Crippen LogP contribution in [0.15, 0.2) is 23.6 Å². The first-order chi connectivity index (χ1) is 9.58. The highest BCUT2D eigenvalue weighted by Gasteiger charge is 2.32. The summed E-state index contributed by atoms with van der Waals surface area (Å²) in [6.07, 6.45) is 5.56. The lowest BCUT2D eigenvalue weighted by Gasteiger charge is -2.31. The summed E-state index contributed by atoms with van der Waals surface area (Å²) in [6.45, 7) is 0. The molecule has 0 atom stereocenters. The van der Waals surface area contributed by atoms with Gasteiger partial charge in [-0.15, -0.1) is 11.3 Å². The first kappa shape index (κ1) is 14.0. The molecule has 1 saturated carbocycles. The van der Waals surface area contributed by atoms with Crippen LogP contribution in [0.3, 0.4) is 0 Å².